The Bertz CT molecular complexity index is 568. The first-order valence-electron chi connectivity index (χ1n) is 6.67. The normalized spacial score (nSPS) is 11.8. The van der Waals surface area contributed by atoms with Gasteiger partial charge in [-0.25, -0.2) is 13.1 Å². The fourth-order valence-corrected chi connectivity index (χ4v) is 2.55. The smallest absolute Gasteiger partial charge is 0.307 e. The molecule has 2 N–H and O–H groups in total. The van der Waals surface area contributed by atoms with Crippen LogP contribution in [0, 0.1) is 0 Å². The molecule has 21 heavy (non-hydrogen) atoms. The van der Waals surface area contributed by atoms with Crippen LogP contribution in [0.2, 0.25) is 0 Å². The first kappa shape index (κ1) is 17.6. The highest BCUT2D eigenvalue weighted by Gasteiger charge is 2.12. The molecule has 0 atom stereocenters. The summed E-state index contributed by atoms with van der Waals surface area (Å²) in [5.74, 6) is -1.07. The SMILES string of the molecule is CC(C)OCCS(=O)(=O)NCc1ccccc1CC(=O)O. The minimum Gasteiger partial charge on any atom is -0.481 e. The molecule has 1 rings (SSSR count). The van der Waals surface area contributed by atoms with Gasteiger partial charge in [-0.3, -0.25) is 4.79 Å². The fourth-order valence-electron chi connectivity index (χ4n) is 1.72. The summed E-state index contributed by atoms with van der Waals surface area (Å²) in [6, 6.07) is 6.87. The second kappa shape index (κ2) is 8.11. The minimum absolute atomic E-state index is 0.0171. The summed E-state index contributed by atoms with van der Waals surface area (Å²) in [6.07, 6.45) is -0.148. The zero-order chi connectivity index (χ0) is 15.9. The van der Waals surface area contributed by atoms with Gasteiger partial charge in [-0.1, -0.05) is 24.3 Å². The van der Waals surface area contributed by atoms with Crippen LogP contribution in [-0.2, 0) is 32.5 Å². The third kappa shape index (κ3) is 7.22. The Morgan fingerprint density at radius 2 is 1.90 bits per heavy atom. The van der Waals surface area contributed by atoms with Crippen molar-refractivity contribution in [2.45, 2.75) is 32.9 Å². The van der Waals surface area contributed by atoms with Crippen molar-refractivity contribution in [1.82, 2.24) is 4.72 Å². The van der Waals surface area contributed by atoms with Crippen molar-refractivity contribution >= 4 is 16.0 Å². The Labute approximate surface area is 125 Å². The van der Waals surface area contributed by atoms with Crippen LogP contribution in [0.4, 0.5) is 0 Å². The van der Waals surface area contributed by atoms with Crippen molar-refractivity contribution in [2.75, 3.05) is 12.4 Å². The van der Waals surface area contributed by atoms with Crippen LogP contribution in [0.5, 0.6) is 0 Å². The van der Waals surface area contributed by atoms with E-state index in [1.807, 2.05) is 13.8 Å². The van der Waals surface area contributed by atoms with E-state index in [0.717, 1.165) is 0 Å². The second-order valence-electron chi connectivity index (χ2n) is 4.90. The molecule has 118 valence electrons. The van der Waals surface area contributed by atoms with Crippen molar-refractivity contribution in [3.05, 3.63) is 35.4 Å². The molecule has 0 aromatic heterocycles. The minimum atomic E-state index is -3.44. The van der Waals surface area contributed by atoms with Gasteiger partial charge in [-0.2, -0.15) is 0 Å². The predicted octanol–water partition coefficient (Wildman–Crippen LogP) is 1.16. The lowest BCUT2D eigenvalue weighted by molar-refractivity contribution is -0.136. The first-order chi connectivity index (χ1) is 9.80. The van der Waals surface area contributed by atoms with Gasteiger partial charge in [-0.05, 0) is 25.0 Å². The average molecular weight is 315 g/mol. The summed E-state index contributed by atoms with van der Waals surface area (Å²) in [4.78, 5) is 10.8. The fraction of sp³-hybridized carbons (Fsp3) is 0.500. The number of hydrogen-bond donors (Lipinski definition) is 2. The number of nitrogens with one attached hydrogen (secondary N) is 1. The van der Waals surface area contributed by atoms with Crippen LogP contribution in [0.1, 0.15) is 25.0 Å². The molecule has 0 radical (unpaired) electrons. The predicted molar refractivity (Wildman–Crippen MR) is 79.5 cm³/mol. The lowest BCUT2D eigenvalue weighted by Gasteiger charge is -2.11. The Morgan fingerprint density at radius 3 is 2.48 bits per heavy atom. The molecule has 0 amide bonds. The standard InChI is InChI=1S/C14H21NO5S/c1-11(2)20-7-8-21(18,19)15-10-13-6-4-3-5-12(13)9-14(16)17/h3-6,11,15H,7-10H2,1-2H3,(H,16,17). The number of carboxylic acid groups (broad SMARTS) is 1. The number of benzene rings is 1. The lowest BCUT2D eigenvalue weighted by Crippen LogP contribution is -2.29. The number of aliphatic carboxylic acids is 1. The molecule has 6 nitrogen and oxygen atoms in total. The van der Waals surface area contributed by atoms with Gasteiger partial charge >= 0.3 is 5.97 Å². The number of sulfonamides is 1. The van der Waals surface area contributed by atoms with E-state index in [1.165, 1.54) is 0 Å². The van der Waals surface area contributed by atoms with E-state index in [-0.39, 0.29) is 31.4 Å². The van der Waals surface area contributed by atoms with Gasteiger partial charge in [0, 0.05) is 6.54 Å². The van der Waals surface area contributed by atoms with Crippen molar-refractivity contribution in [3.8, 4) is 0 Å². The molecule has 1 aromatic carbocycles. The van der Waals surface area contributed by atoms with E-state index in [4.69, 9.17) is 9.84 Å². The molecule has 1 aromatic rings. The van der Waals surface area contributed by atoms with Crippen LogP contribution in [-0.4, -0.2) is 38.0 Å². The van der Waals surface area contributed by atoms with E-state index < -0.39 is 16.0 Å². The monoisotopic (exact) mass is 315 g/mol. The number of hydrogen-bond acceptors (Lipinski definition) is 4. The van der Waals surface area contributed by atoms with Crippen LogP contribution in [0.25, 0.3) is 0 Å². The van der Waals surface area contributed by atoms with Crippen LogP contribution < -0.4 is 4.72 Å². The van der Waals surface area contributed by atoms with E-state index >= 15 is 0 Å². The molecule has 0 aliphatic heterocycles. The number of carboxylic acids is 1. The Kier molecular flexibility index (Phi) is 6.80. The molecule has 0 heterocycles. The summed E-state index contributed by atoms with van der Waals surface area (Å²) in [6.45, 7) is 3.88. The molecule has 0 aliphatic carbocycles. The van der Waals surface area contributed by atoms with Gasteiger partial charge in [-0.15, -0.1) is 0 Å². The van der Waals surface area contributed by atoms with Gasteiger partial charge in [0.05, 0.1) is 24.9 Å². The third-order valence-corrected chi connectivity index (χ3v) is 4.03. The van der Waals surface area contributed by atoms with Gasteiger partial charge in [0.2, 0.25) is 10.0 Å². The van der Waals surface area contributed by atoms with Crippen LogP contribution >= 0.6 is 0 Å². The quantitative estimate of drug-likeness (QED) is 0.713. The Hall–Kier alpha value is -1.44. The van der Waals surface area contributed by atoms with Gasteiger partial charge in [0.25, 0.3) is 0 Å². The molecular weight excluding hydrogens is 294 g/mol. The van der Waals surface area contributed by atoms with Gasteiger partial charge < -0.3 is 9.84 Å². The summed E-state index contributed by atoms with van der Waals surface area (Å²) in [5, 5.41) is 8.83. The van der Waals surface area contributed by atoms with Crippen LogP contribution in [0.3, 0.4) is 0 Å². The largest absolute Gasteiger partial charge is 0.481 e. The topological polar surface area (TPSA) is 92.7 Å². The Morgan fingerprint density at radius 1 is 1.29 bits per heavy atom. The average Bonchev–Trinajstić information content (AvgIpc) is 2.36. The van der Waals surface area contributed by atoms with Crippen molar-refractivity contribution in [1.29, 1.82) is 0 Å². The van der Waals surface area contributed by atoms with E-state index in [9.17, 15) is 13.2 Å². The maximum atomic E-state index is 11.8. The summed E-state index contributed by atoms with van der Waals surface area (Å²) >= 11 is 0. The summed E-state index contributed by atoms with van der Waals surface area (Å²) in [7, 11) is -3.44. The van der Waals surface area contributed by atoms with E-state index in [0.29, 0.717) is 11.1 Å². The molecule has 0 saturated heterocycles. The summed E-state index contributed by atoms with van der Waals surface area (Å²) in [5.41, 5.74) is 1.26. The maximum absolute atomic E-state index is 11.8. The van der Waals surface area contributed by atoms with Crippen LogP contribution in [0.15, 0.2) is 24.3 Å². The van der Waals surface area contributed by atoms with Crippen molar-refractivity contribution in [2.24, 2.45) is 0 Å². The molecule has 0 saturated carbocycles. The molecule has 0 fully saturated rings. The molecule has 0 aliphatic rings. The van der Waals surface area contributed by atoms with Gasteiger partial charge in [0.15, 0.2) is 0 Å². The summed E-state index contributed by atoms with van der Waals surface area (Å²) < 4.78 is 31.3. The van der Waals surface area contributed by atoms with Crippen molar-refractivity contribution < 1.29 is 23.1 Å². The van der Waals surface area contributed by atoms with Gasteiger partial charge in [0.1, 0.15) is 0 Å². The molecule has 0 bridgehead atoms. The number of rotatable bonds is 9. The molecule has 0 unspecified atom stereocenters. The van der Waals surface area contributed by atoms with E-state index in [1.54, 1.807) is 24.3 Å². The van der Waals surface area contributed by atoms with Crippen molar-refractivity contribution in [3.63, 3.8) is 0 Å². The zero-order valence-electron chi connectivity index (χ0n) is 12.2. The third-order valence-electron chi connectivity index (χ3n) is 2.75. The number of ether oxygens (including phenoxy) is 1. The van der Waals surface area contributed by atoms with E-state index in [2.05, 4.69) is 4.72 Å². The molecular formula is C14H21NO5S. The molecule has 7 heteroatoms. The Balaban J connectivity index is 2.60. The number of carbonyl (C=O) groups is 1. The highest BCUT2D eigenvalue weighted by molar-refractivity contribution is 7.89. The second-order valence-corrected chi connectivity index (χ2v) is 6.83. The lowest BCUT2D eigenvalue weighted by atomic mass is 10.1. The highest BCUT2D eigenvalue weighted by atomic mass is 32.2. The zero-order valence-corrected chi connectivity index (χ0v) is 13.0. The molecule has 0 spiro atoms. The maximum Gasteiger partial charge on any atom is 0.307 e. The highest BCUT2D eigenvalue weighted by Crippen LogP contribution is 2.10. The first-order valence-corrected chi connectivity index (χ1v) is 8.33.